The molecule has 0 aromatic carbocycles. The van der Waals surface area contributed by atoms with Gasteiger partial charge in [0.25, 0.3) is 0 Å². The molecule has 7 heteroatoms. The van der Waals surface area contributed by atoms with Gasteiger partial charge < -0.3 is 0 Å². The van der Waals surface area contributed by atoms with Crippen molar-refractivity contribution in [3.8, 4) is 0 Å². The van der Waals surface area contributed by atoms with Crippen LogP contribution in [0, 0.1) is 0 Å². The van der Waals surface area contributed by atoms with E-state index in [0.29, 0.717) is 0 Å². The van der Waals surface area contributed by atoms with Gasteiger partial charge >= 0.3 is 0 Å². The molecule has 0 saturated heterocycles. The average molecular weight is 293 g/mol. The molecule has 0 aliphatic carbocycles. The zero-order chi connectivity index (χ0) is 8.86. The highest BCUT2D eigenvalue weighted by molar-refractivity contribution is 8.08. The van der Waals surface area contributed by atoms with Crippen molar-refractivity contribution in [1.82, 2.24) is 0 Å². The summed E-state index contributed by atoms with van der Waals surface area (Å²) < 4.78 is -2.72. The fourth-order valence-corrected chi connectivity index (χ4v) is 3.59. The van der Waals surface area contributed by atoms with E-state index in [2.05, 4.69) is 0 Å². The maximum absolute atomic E-state index is 5.71. The molecule has 0 fully saturated rings. The number of rotatable bonds is 0. The smallest absolute Gasteiger partial charge is 0.0908 e. The first-order valence-corrected chi connectivity index (χ1v) is 5.38. The number of hydrogen-bond acceptors (Lipinski definition) is 1. The van der Waals surface area contributed by atoms with Crippen molar-refractivity contribution >= 4 is 81.4 Å². The van der Waals surface area contributed by atoms with Crippen LogP contribution in [0.5, 0.6) is 0 Å². The molecular weight excluding hydrogens is 293 g/mol. The van der Waals surface area contributed by atoms with Gasteiger partial charge in [0.1, 0.15) is 0 Å². The SMILES string of the molecule is ClC1=C(Cl)C(Cl)(Cl)C(Cl)(Cl)S1. The van der Waals surface area contributed by atoms with E-state index in [1.807, 2.05) is 0 Å². The normalized spacial score (nSPS) is 27.8. The molecule has 0 amide bonds. The highest BCUT2D eigenvalue weighted by Gasteiger charge is 2.57. The van der Waals surface area contributed by atoms with Crippen molar-refractivity contribution in [3.63, 3.8) is 0 Å². The van der Waals surface area contributed by atoms with Gasteiger partial charge in [-0.15, -0.1) is 0 Å². The van der Waals surface area contributed by atoms with Gasteiger partial charge in [0, 0.05) is 0 Å². The van der Waals surface area contributed by atoms with Crippen molar-refractivity contribution in [1.29, 1.82) is 0 Å². The quantitative estimate of drug-likeness (QED) is 0.584. The van der Waals surface area contributed by atoms with E-state index >= 15 is 0 Å². The Morgan fingerprint density at radius 2 is 1.45 bits per heavy atom. The van der Waals surface area contributed by atoms with Crippen LogP contribution in [0.1, 0.15) is 0 Å². The third kappa shape index (κ3) is 1.71. The lowest BCUT2D eigenvalue weighted by atomic mass is 10.4. The molecule has 64 valence electrons. The molecule has 11 heavy (non-hydrogen) atoms. The summed E-state index contributed by atoms with van der Waals surface area (Å²) in [7, 11) is 0. The first-order chi connectivity index (χ1) is 4.79. The van der Waals surface area contributed by atoms with Gasteiger partial charge in [-0.05, 0) is 0 Å². The Labute approximate surface area is 98.1 Å². The second kappa shape index (κ2) is 3.20. The van der Waals surface area contributed by atoms with Crippen LogP contribution in [-0.2, 0) is 0 Å². The monoisotopic (exact) mass is 290 g/mol. The first kappa shape index (κ1) is 10.9. The number of halogens is 6. The second-order valence-corrected chi connectivity index (χ2v) is 7.09. The average Bonchev–Trinajstić information content (AvgIpc) is 1.93. The third-order valence-electron chi connectivity index (χ3n) is 1.03. The van der Waals surface area contributed by atoms with Crippen molar-refractivity contribution in [3.05, 3.63) is 9.40 Å². The van der Waals surface area contributed by atoms with Gasteiger partial charge in [-0.2, -0.15) is 0 Å². The van der Waals surface area contributed by atoms with Crippen LogP contribution in [0.2, 0.25) is 0 Å². The molecule has 0 radical (unpaired) electrons. The molecule has 1 aliphatic heterocycles. The van der Waals surface area contributed by atoms with Crippen molar-refractivity contribution in [2.24, 2.45) is 0 Å². The molecule has 0 bridgehead atoms. The van der Waals surface area contributed by atoms with Gasteiger partial charge in [0.15, 0.2) is 4.33 Å². The number of thioether (sulfide) groups is 1. The minimum absolute atomic E-state index is 0.0671. The van der Waals surface area contributed by atoms with Crippen LogP contribution in [0.25, 0.3) is 0 Å². The molecule has 0 N–H and O–H groups in total. The van der Waals surface area contributed by atoms with E-state index < -0.39 is 8.00 Å². The predicted molar refractivity (Wildman–Crippen MR) is 55.2 cm³/mol. The topological polar surface area (TPSA) is 0 Å². The van der Waals surface area contributed by atoms with Gasteiger partial charge in [-0.3, -0.25) is 0 Å². The van der Waals surface area contributed by atoms with Gasteiger partial charge in [-0.1, -0.05) is 81.4 Å². The summed E-state index contributed by atoms with van der Waals surface area (Å²) in [5, 5.41) is 0.0671. The second-order valence-electron chi connectivity index (χ2n) is 1.78. The van der Waals surface area contributed by atoms with Crippen LogP contribution in [0.15, 0.2) is 9.40 Å². The van der Waals surface area contributed by atoms with Crippen molar-refractivity contribution in [2.75, 3.05) is 0 Å². The molecule has 0 nitrogen and oxygen atoms in total. The molecule has 1 heterocycles. The number of alkyl halides is 4. The molecule has 0 unspecified atom stereocenters. The van der Waals surface area contributed by atoms with E-state index in [1.54, 1.807) is 0 Å². The minimum Gasteiger partial charge on any atom is -0.0908 e. The zero-order valence-corrected chi connectivity index (χ0v) is 10.0. The molecule has 1 aliphatic rings. The van der Waals surface area contributed by atoms with E-state index in [9.17, 15) is 0 Å². The summed E-state index contributed by atoms with van der Waals surface area (Å²) in [5.41, 5.74) is 0. The van der Waals surface area contributed by atoms with E-state index in [0.717, 1.165) is 11.8 Å². The minimum atomic E-state index is -1.53. The van der Waals surface area contributed by atoms with E-state index in [1.165, 1.54) is 0 Å². The van der Waals surface area contributed by atoms with Gasteiger partial charge in [-0.25, -0.2) is 0 Å². The molecule has 1 rings (SSSR count). The van der Waals surface area contributed by atoms with Crippen LogP contribution in [0.3, 0.4) is 0 Å². The summed E-state index contributed by atoms with van der Waals surface area (Å²) >= 11 is 35.0. The summed E-state index contributed by atoms with van der Waals surface area (Å²) in [6.07, 6.45) is 0. The summed E-state index contributed by atoms with van der Waals surface area (Å²) in [5.74, 6) is 0. The summed E-state index contributed by atoms with van der Waals surface area (Å²) in [4.78, 5) is 0. The first-order valence-electron chi connectivity index (χ1n) is 2.29. The lowest BCUT2D eigenvalue weighted by Gasteiger charge is -2.23. The summed E-state index contributed by atoms with van der Waals surface area (Å²) in [6.45, 7) is 0. The van der Waals surface area contributed by atoms with Crippen molar-refractivity contribution in [2.45, 2.75) is 8.00 Å². The van der Waals surface area contributed by atoms with E-state index in [4.69, 9.17) is 69.6 Å². The Morgan fingerprint density at radius 1 is 1.00 bits per heavy atom. The van der Waals surface area contributed by atoms with Crippen LogP contribution >= 0.6 is 81.4 Å². The molecule has 0 atom stereocenters. The maximum atomic E-state index is 5.71. The van der Waals surface area contributed by atoms with Crippen molar-refractivity contribution < 1.29 is 0 Å². The van der Waals surface area contributed by atoms with Crippen LogP contribution in [-0.4, -0.2) is 8.00 Å². The molecule has 0 aromatic heterocycles. The Balaban J connectivity index is 3.08. The Morgan fingerprint density at radius 3 is 1.55 bits per heavy atom. The lowest BCUT2D eigenvalue weighted by Crippen LogP contribution is -2.29. The molecule has 0 aromatic rings. The number of allylic oxidation sites excluding steroid dienone is 1. The zero-order valence-electron chi connectivity index (χ0n) is 4.68. The van der Waals surface area contributed by atoms with Crippen LogP contribution < -0.4 is 0 Å². The Bertz CT molecular complexity index is 219. The Kier molecular flexibility index (Phi) is 3.17. The van der Waals surface area contributed by atoms with E-state index in [-0.39, 0.29) is 9.40 Å². The fraction of sp³-hybridized carbons (Fsp3) is 0.500. The van der Waals surface area contributed by atoms with Gasteiger partial charge in [0.05, 0.1) is 9.40 Å². The van der Waals surface area contributed by atoms with Crippen LogP contribution in [0.4, 0.5) is 0 Å². The highest BCUT2D eigenvalue weighted by atomic mass is 35.5. The predicted octanol–water partition coefficient (Wildman–Crippen LogP) is 4.69. The Hall–Kier alpha value is 1.83. The lowest BCUT2D eigenvalue weighted by molar-refractivity contribution is 1.01. The highest BCUT2D eigenvalue weighted by Crippen LogP contribution is 2.64. The standard InChI is InChI=1S/C4Cl6S/c5-1-2(6)11-4(9,10)3(1,7)8. The maximum Gasteiger partial charge on any atom is 0.206 e. The van der Waals surface area contributed by atoms with Gasteiger partial charge in [0.2, 0.25) is 3.67 Å². The molecule has 0 saturated carbocycles. The molecule has 0 spiro atoms. The molecular formula is C4Cl6S. The summed E-state index contributed by atoms with van der Waals surface area (Å²) in [6, 6.07) is 0. The third-order valence-corrected chi connectivity index (χ3v) is 5.86. The number of hydrogen-bond donors (Lipinski definition) is 0. The fourth-order valence-electron chi connectivity index (χ4n) is 0.473. The largest absolute Gasteiger partial charge is 0.206 e.